The molecule has 0 saturated heterocycles. The summed E-state index contributed by atoms with van der Waals surface area (Å²) in [7, 11) is 0. The SMILES string of the molecule is Cc1cc(C)c(-c2ccccn2)[c-]c1-c1ccccn1.[Ir].[c-]1ccccc1N1[CH-]N(c2cccc3c2[n-]c2ccccc23)c2ccccc21. The van der Waals surface area contributed by atoms with E-state index in [1.54, 1.807) is 0 Å². The Morgan fingerprint density at radius 1 is 0.592 bits per heavy atom. The molecule has 6 heteroatoms. The van der Waals surface area contributed by atoms with Gasteiger partial charge in [0.05, 0.1) is 0 Å². The fraction of sp³-hybridized carbons (Fsp3) is 0.0465. The molecule has 49 heavy (non-hydrogen) atoms. The van der Waals surface area contributed by atoms with Gasteiger partial charge in [-0.1, -0.05) is 97.8 Å². The summed E-state index contributed by atoms with van der Waals surface area (Å²) < 4.78 is 0. The van der Waals surface area contributed by atoms with Crippen molar-refractivity contribution in [1.82, 2.24) is 15.0 Å². The summed E-state index contributed by atoms with van der Waals surface area (Å²) in [4.78, 5) is 18.2. The van der Waals surface area contributed by atoms with Crippen LogP contribution in [0.25, 0.3) is 44.3 Å². The van der Waals surface area contributed by atoms with Crippen LogP contribution in [0.2, 0.25) is 0 Å². The molecule has 241 valence electrons. The average Bonchev–Trinajstić information content (AvgIpc) is 3.72. The van der Waals surface area contributed by atoms with Crippen LogP contribution in [0, 0.1) is 32.6 Å². The number of pyridine rings is 2. The number of fused-ring (bicyclic) bond motifs is 4. The zero-order chi connectivity index (χ0) is 32.5. The van der Waals surface area contributed by atoms with Crippen LogP contribution < -0.4 is 14.8 Å². The van der Waals surface area contributed by atoms with Gasteiger partial charge in [0.15, 0.2) is 0 Å². The molecule has 1 radical (unpaired) electrons. The number of rotatable bonds is 4. The van der Waals surface area contributed by atoms with Gasteiger partial charge < -0.3 is 14.8 Å². The maximum absolute atomic E-state index is 4.94. The van der Waals surface area contributed by atoms with Crippen LogP contribution >= 0.6 is 0 Å². The first-order valence-electron chi connectivity index (χ1n) is 16.0. The van der Waals surface area contributed by atoms with Gasteiger partial charge in [0.2, 0.25) is 0 Å². The first kappa shape index (κ1) is 32.0. The van der Waals surface area contributed by atoms with E-state index in [4.69, 9.17) is 4.98 Å². The van der Waals surface area contributed by atoms with Crippen molar-refractivity contribution in [2.75, 3.05) is 9.80 Å². The van der Waals surface area contributed by atoms with Crippen LogP contribution in [0.4, 0.5) is 22.7 Å². The Hall–Kier alpha value is -5.55. The van der Waals surface area contributed by atoms with Crippen LogP contribution in [0.3, 0.4) is 0 Å². The second-order valence-electron chi connectivity index (χ2n) is 11.7. The molecule has 5 nitrogen and oxygen atoms in total. The number of anilines is 4. The first-order chi connectivity index (χ1) is 23.7. The normalized spacial score (nSPS) is 12.0. The number of hydrogen-bond donors (Lipinski definition) is 0. The molecule has 0 spiro atoms. The Morgan fingerprint density at radius 2 is 1.18 bits per heavy atom. The Bertz CT molecular complexity index is 2290. The van der Waals surface area contributed by atoms with E-state index in [2.05, 4.69) is 125 Å². The third-order valence-electron chi connectivity index (χ3n) is 8.60. The quantitative estimate of drug-likeness (QED) is 0.166. The van der Waals surface area contributed by atoms with Crippen molar-refractivity contribution in [2.24, 2.45) is 0 Å². The van der Waals surface area contributed by atoms with E-state index >= 15 is 0 Å². The van der Waals surface area contributed by atoms with Gasteiger partial charge in [-0.25, -0.2) is 0 Å². The van der Waals surface area contributed by atoms with Gasteiger partial charge in [0.1, 0.15) is 0 Å². The molecular weight excluding hydrogens is 779 g/mol. The molecule has 0 aliphatic carbocycles. The van der Waals surface area contributed by atoms with Crippen LogP contribution in [0.5, 0.6) is 0 Å². The molecule has 0 atom stereocenters. The monoisotopic (exact) mass is 810 g/mol. The predicted molar refractivity (Wildman–Crippen MR) is 196 cm³/mol. The molecule has 5 aromatic carbocycles. The van der Waals surface area contributed by atoms with E-state index in [1.807, 2.05) is 73.1 Å². The number of nitrogens with zero attached hydrogens (tertiary/aromatic N) is 5. The van der Waals surface area contributed by atoms with Crippen molar-refractivity contribution < 1.29 is 20.1 Å². The van der Waals surface area contributed by atoms with Gasteiger partial charge in [-0.3, -0.25) is 9.97 Å². The van der Waals surface area contributed by atoms with E-state index < -0.39 is 0 Å². The first-order valence-corrected chi connectivity index (χ1v) is 16.0. The van der Waals surface area contributed by atoms with Gasteiger partial charge in [-0.05, 0) is 46.8 Å². The minimum absolute atomic E-state index is 0. The molecular formula is C43H31IrN5-4. The second-order valence-corrected chi connectivity index (χ2v) is 11.7. The smallest absolute Gasteiger partial charge is 0.0344 e. The summed E-state index contributed by atoms with van der Waals surface area (Å²) in [6.45, 7) is 6.32. The van der Waals surface area contributed by atoms with E-state index in [0.717, 1.165) is 56.3 Å². The minimum atomic E-state index is 0. The van der Waals surface area contributed by atoms with Crippen molar-refractivity contribution in [1.29, 1.82) is 0 Å². The van der Waals surface area contributed by atoms with E-state index in [9.17, 15) is 0 Å². The molecule has 0 amide bonds. The molecule has 8 aromatic rings. The maximum Gasteiger partial charge on any atom is 0.0344 e. The summed E-state index contributed by atoms with van der Waals surface area (Å²) in [5, 5.41) is 2.38. The van der Waals surface area contributed by atoms with Gasteiger partial charge in [-0.15, -0.1) is 46.6 Å². The number of benzene rings is 5. The van der Waals surface area contributed by atoms with Crippen molar-refractivity contribution in [3.63, 3.8) is 0 Å². The molecule has 0 saturated carbocycles. The molecule has 0 N–H and O–H groups in total. The van der Waals surface area contributed by atoms with E-state index in [-0.39, 0.29) is 20.1 Å². The Kier molecular flexibility index (Phi) is 9.08. The van der Waals surface area contributed by atoms with E-state index in [1.165, 1.54) is 21.9 Å². The van der Waals surface area contributed by atoms with Crippen LogP contribution in [-0.4, -0.2) is 9.97 Å². The van der Waals surface area contributed by atoms with Crippen molar-refractivity contribution >= 4 is 44.6 Å². The Morgan fingerprint density at radius 3 is 1.84 bits per heavy atom. The van der Waals surface area contributed by atoms with Crippen molar-refractivity contribution in [3.8, 4) is 22.5 Å². The Balaban J connectivity index is 0.000000160. The summed E-state index contributed by atoms with van der Waals surface area (Å²) in [5.41, 5.74) is 12.8. The topological polar surface area (TPSA) is 46.4 Å². The molecule has 1 aliphatic rings. The maximum atomic E-state index is 4.94. The molecule has 3 aromatic heterocycles. The fourth-order valence-corrected chi connectivity index (χ4v) is 6.35. The van der Waals surface area contributed by atoms with Crippen LogP contribution in [0.1, 0.15) is 11.1 Å². The summed E-state index contributed by atoms with van der Waals surface area (Å²) in [6, 6.07) is 52.1. The van der Waals surface area contributed by atoms with Gasteiger partial charge in [0, 0.05) is 55.3 Å². The standard InChI is InChI=1S/C25H16N3.C18H15N2.Ir/c1-2-9-18(10-3-1)27-17-28(23-15-7-6-14-22(23)27)24-16-8-12-20-19-11-4-5-13-21(19)26-25(20)24;1-13-11-14(2)16(18-8-4-6-10-20-18)12-15(13)17-7-3-5-9-19-17;/h1-9,11-17H;3-11H,1-2H3;/q-3;-1;. The second kappa shape index (κ2) is 13.9. The van der Waals surface area contributed by atoms with E-state index in [0.29, 0.717) is 0 Å². The third kappa shape index (κ3) is 6.13. The zero-order valence-electron chi connectivity index (χ0n) is 27.0. The average molecular weight is 810 g/mol. The van der Waals surface area contributed by atoms with Gasteiger partial charge in [-0.2, -0.15) is 30.3 Å². The molecule has 0 unspecified atom stereocenters. The number of hydrogen-bond acceptors (Lipinski definition) is 4. The van der Waals surface area contributed by atoms with Crippen LogP contribution in [0.15, 0.2) is 146 Å². The van der Waals surface area contributed by atoms with Crippen molar-refractivity contribution in [2.45, 2.75) is 13.8 Å². The molecule has 0 bridgehead atoms. The molecule has 1 aliphatic heterocycles. The summed E-state index contributed by atoms with van der Waals surface area (Å²) in [6.07, 6.45) is 3.62. The van der Waals surface area contributed by atoms with Gasteiger partial charge >= 0.3 is 0 Å². The number of aromatic nitrogens is 3. The fourth-order valence-electron chi connectivity index (χ4n) is 6.35. The molecule has 0 fully saturated rings. The third-order valence-corrected chi connectivity index (χ3v) is 8.60. The Labute approximate surface area is 300 Å². The number of para-hydroxylation sites is 5. The van der Waals surface area contributed by atoms with Crippen molar-refractivity contribution in [3.05, 3.63) is 176 Å². The molecule has 4 heterocycles. The minimum Gasteiger partial charge on any atom is -0.655 e. The van der Waals surface area contributed by atoms with Gasteiger partial charge in [0.25, 0.3) is 0 Å². The predicted octanol–water partition coefficient (Wildman–Crippen LogP) is 10.4. The van der Waals surface area contributed by atoms with Crippen LogP contribution in [-0.2, 0) is 20.1 Å². The molecule has 9 rings (SSSR count). The summed E-state index contributed by atoms with van der Waals surface area (Å²) >= 11 is 0. The number of aryl methyl sites for hydroxylation is 2. The largest absolute Gasteiger partial charge is 0.655 e. The zero-order valence-corrected chi connectivity index (χ0v) is 29.4. The summed E-state index contributed by atoms with van der Waals surface area (Å²) in [5.74, 6) is 0.